The molecule has 4 nitrogen and oxygen atoms in total. The third-order valence-electron chi connectivity index (χ3n) is 4.25. The normalized spacial score (nSPS) is 11.0. The number of ether oxygens (including phenoxy) is 1. The van der Waals surface area contributed by atoms with Gasteiger partial charge in [0.05, 0.1) is 25.6 Å². The van der Waals surface area contributed by atoms with Crippen LogP contribution >= 0.6 is 11.8 Å². The van der Waals surface area contributed by atoms with Crippen LogP contribution in [0.4, 0.5) is 8.78 Å². The molecule has 3 rings (SSSR count). The van der Waals surface area contributed by atoms with Crippen molar-refractivity contribution in [3.63, 3.8) is 0 Å². The molecular weight excluding hydrogens is 370 g/mol. The Kier molecular flexibility index (Phi) is 6.47. The van der Waals surface area contributed by atoms with Gasteiger partial charge in [-0.05, 0) is 36.2 Å². The number of halogens is 2. The van der Waals surface area contributed by atoms with E-state index in [0.717, 1.165) is 17.7 Å². The first-order valence-electron chi connectivity index (χ1n) is 8.46. The highest BCUT2D eigenvalue weighted by Crippen LogP contribution is 2.26. The quantitative estimate of drug-likeness (QED) is 0.586. The van der Waals surface area contributed by atoms with Gasteiger partial charge in [-0.3, -0.25) is 0 Å². The summed E-state index contributed by atoms with van der Waals surface area (Å²) >= 11 is 1.25. The Morgan fingerprint density at radius 1 is 1.11 bits per heavy atom. The van der Waals surface area contributed by atoms with E-state index in [4.69, 9.17) is 4.74 Å². The van der Waals surface area contributed by atoms with Crippen molar-refractivity contribution in [3.8, 4) is 5.75 Å². The lowest BCUT2D eigenvalue weighted by molar-refractivity contribution is 0.269. The first kappa shape index (κ1) is 19.4. The van der Waals surface area contributed by atoms with Gasteiger partial charge in [-0.25, -0.2) is 13.8 Å². The van der Waals surface area contributed by atoms with Crippen molar-refractivity contribution < 1.29 is 18.6 Å². The van der Waals surface area contributed by atoms with Crippen molar-refractivity contribution >= 4 is 11.8 Å². The highest BCUT2D eigenvalue weighted by molar-refractivity contribution is 7.98. The van der Waals surface area contributed by atoms with Crippen LogP contribution in [0.2, 0.25) is 0 Å². The van der Waals surface area contributed by atoms with Crippen LogP contribution < -0.4 is 4.74 Å². The molecule has 0 radical (unpaired) electrons. The Hall–Kier alpha value is -2.38. The van der Waals surface area contributed by atoms with Crippen LogP contribution in [0.15, 0.2) is 53.8 Å². The minimum absolute atomic E-state index is 0.0257. The molecule has 0 aliphatic carbocycles. The second-order valence-electron chi connectivity index (χ2n) is 5.93. The summed E-state index contributed by atoms with van der Waals surface area (Å²) in [6.45, 7) is 0.453. The number of hydrogen-bond acceptors (Lipinski definition) is 4. The predicted molar refractivity (Wildman–Crippen MR) is 101 cm³/mol. The number of imidazole rings is 1. The van der Waals surface area contributed by atoms with Crippen molar-refractivity contribution in [2.75, 3.05) is 7.11 Å². The van der Waals surface area contributed by atoms with E-state index in [9.17, 15) is 13.9 Å². The van der Waals surface area contributed by atoms with Gasteiger partial charge >= 0.3 is 0 Å². The van der Waals surface area contributed by atoms with Crippen LogP contribution in [0, 0.1) is 11.6 Å². The second-order valence-corrected chi connectivity index (χ2v) is 6.87. The number of methoxy groups -OCH3 is 1. The van der Waals surface area contributed by atoms with Crippen LogP contribution in [0.5, 0.6) is 5.75 Å². The number of rotatable bonds is 8. The standard InChI is InChI=1S/C20H20F2N2O2S/c1-26-16-7-5-14(6-8-16)9-10-24-15(12-25)11-23-20(24)27-13-17-18(21)3-2-4-19(17)22/h2-8,11,25H,9-10,12-13H2,1H3. The second kappa shape index (κ2) is 9.01. The number of aliphatic hydroxyl groups excluding tert-OH is 1. The average Bonchev–Trinajstić information content (AvgIpc) is 3.08. The summed E-state index contributed by atoms with van der Waals surface area (Å²) in [4.78, 5) is 4.30. The molecule has 2 aromatic carbocycles. The van der Waals surface area contributed by atoms with Crippen molar-refractivity contribution in [2.24, 2.45) is 0 Å². The molecule has 0 aliphatic rings. The smallest absolute Gasteiger partial charge is 0.168 e. The van der Waals surface area contributed by atoms with E-state index in [2.05, 4.69) is 4.98 Å². The van der Waals surface area contributed by atoms with Gasteiger partial charge in [0.2, 0.25) is 0 Å². The third kappa shape index (κ3) is 4.67. The summed E-state index contributed by atoms with van der Waals surface area (Å²) in [6, 6.07) is 11.6. The SMILES string of the molecule is COc1ccc(CCn2c(CO)cnc2SCc2c(F)cccc2F)cc1. The molecule has 1 aromatic heterocycles. The molecule has 0 saturated carbocycles. The van der Waals surface area contributed by atoms with Crippen molar-refractivity contribution in [2.45, 2.75) is 30.5 Å². The fraction of sp³-hybridized carbons (Fsp3) is 0.250. The zero-order valence-corrected chi connectivity index (χ0v) is 15.7. The van der Waals surface area contributed by atoms with Crippen molar-refractivity contribution in [1.29, 1.82) is 0 Å². The minimum atomic E-state index is -0.568. The molecule has 0 aliphatic heterocycles. The Bertz CT molecular complexity index is 877. The zero-order valence-electron chi connectivity index (χ0n) is 14.9. The monoisotopic (exact) mass is 390 g/mol. The molecule has 0 bridgehead atoms. The average molecular weight is 390 g/mol. The van der Waals surface area contributed by atoms with E-state index in [-0.39, 0.29) is 17.9 Å². The number of aliphatic hydroxyl groups is 1. The molecule has 0 fully saturated rings. The number of aromatic nitrogens is 2. The lowest BCUT2D eigenvalue weighted by Crippen LogP contribution is -2.07. The molecule has 1 heterocycles. The third-order valence-corrected chi connectivity index (χ3v) is 5.27. The minimum Gasteiger partial charge on any atom is -0.497 e. The van der Waals surface area contributed by atoms with E-state index >= 15 is 0 Å². The van der Waals surface area contributed by atoms with Gasteiger partial charge in [0.1, 0.15) is 17.4 Å². The lowest BCUT2D eigenvalue weighted by Gasteiger charge is -2.11. The van der Waals surface area contributed by atoms with E-state index in [1.54, 1.807) is 13.3 Å². The van der Waals surface area contributed by atoms with Crippen LogP contribution in [0.25, 0.3) is 0 Å². The molecule has 0 spiro atoms. The summed E-state index contributed by atoms with van der Waals surface area (Å²) in [6.07, 6.45) is 2.32. The molecule has 27 heavy (non-hydrogen) atoms. The molecule has 142 valence electrons. The number of nitrogens with zero attached hydrogens (tertiary/aromatic N) is 2. The van der Waals surface area contributed by atoms with Crippen LogP contribution in [-0.4, -0.2) is 21.8 Å². The molecule has 3 aromatic rings. The maximum Gasteiger partial charge on any atom is 0.168 e. The molecule has 0 atom stereocenters. The van der Waals surface area contributed by atoms with E-state index in [0.29, 0.717) is 17.4 Å². The van der Waals surface area contributed by atoms with Gasteiger partial charge in [-0.15, -0.1) is 0 Å². The Labute approximate surface area is 160 Å². The Balaban J connectivity index is 1.72. The Morgan fingerprint density at radius 3 is 2.44 bits per heavy atom. The first-order valence-corrected chi connectivity index (χ1v) is 9.44. The molecule has 7 heteroatoms. The number of benzene rings is 2. The molecule has 0 saturated heterocycles. The largest absolute Gasteiger partial charge is 0.497 e. The van der Waals surface area contributed by atoms with Gasteiger partial charge < -0.3 is 14.4 Å². The van der Waals surface area contributed by atoms with Crippen LogP contribution in [-0.2, 0) is 25.3 Å². The van der Waals surface area contributed by atoms with Crippen molar-refractivity contribution in [1.82, 2.24) is 9.55 Å². The summed E-state index contributed by atoms with van der Waals surface area (Å²) in [5, 5.41) is 10.2. The Morgan fingerprint density at radius 2 is 1.81 bits per heavy atom. The number of hydrogen-bond donors (Lipinski definition) is 1. The lowest BCUT2D eigenvalue weighted by atomic mass is 10.1. The summed E-state index contributed by atoms with van der Waals surface area (Å²) in [5.41, 5.74) is 1.81. The topological polar surface area (TPSA) is 47.3 Å². The molecular formula is C20H20F2N2O2S. The van der Waals surface area contributed by atoms with Gasteiger partial charge in [0, 0.05) is 17.9 Å². The maximum absolute atomic E-state index is 13.8. The first-order chi connectivity index (χ1) is 13.1. The van der Waals surface area contributed by atoms with E-state index in [1.165, 1.54) is 30.0 Å². The van der Waals surface area contributed by atoms with Gasteiger partial charge in [-0.2, -0.15) is 0 Å². The fourth-order valence-electron chi connectivity index (χ4n) is 2.71. The highest BCUT2D eigenvalue weighted by Gasteiger charge is 2.14. The van der Waals surface area contributed by atoms with Gasteiger partial charge in [0.25, 0.3) is 0 Å². The maximum atomic E-state index is 13.8. The number of aryl methyl sites for hydroxylation is 1. The predicted octanol–water partition coefficient (Wildman–Crippen LogP) is 4.20. The van der Waals surface area contributed by atoms with Crippen molar-refractivity contribution in [3.05, 3.63) is 77.1 Å². The van der Waals surface area contributed by atoms with Gasteiger partial charge in [-0.1, -0.05) is 30.0 Å². The summed E-state index contributed by atoms with van der Waals surface area (Å²) in [5.74, 6) is -0.217. The van der Waals surface area contributed by atoms with E-state index < -0.39 is 11.6 Å². The number of thioether (sulfide) groups is 1. The van der Waals surface area contributed by atoms with Gasteiger partial charge in [0.15, 0.2) is 5.16 Å². The summed E-state index contributed by atoms with van der Waals surface area (Å²) < 4.78 is 34.7. The van der Waals surface area contributed by atoms with Crippen LogP contribution in [0.3, 0.4) is 0 Å². The molecule has 0 amide bonds. The summed E-state index contributed by atoms with van der Waals surface area (Å²) in [7, 11) is 1.62. The zero-order chi connectivity index (χ0) is 19.2. The highest BCUT2D eigenvalue weighted by atomic mass is 32.2. The van der Waals surface area contributed by atoms with Crippen LogP contribution in [0.1, 0.15) is 16.8 Å². The fourth-order valence-corrected chi connectivity index (χ4v) is 3.75. The molecule has 1 N–H and O–H groups in total. The molecule has 0 unspecified atom stereocenters. The van der Waals surface area contributed by atoms with E-state index in [1.807, 2.05) is 28.8 Å².